The molecule has 0 unspecified atom stereocenters. The first-order chi connectivity index (χ1) is 32.2. The molecule has 0 saturated heterocycles. The molecule has 10 rings (SSSR count). The molecule has 1 aromatic heterocycles. The fraction of sp³-hybridized carbons (Fsp3) is 0. The van der Waals surface area contributed by atoms with Gasteiger partial charge in [-0.3, -0.25) is 0 Å². The fourth-order valence-corrected chi connectivity index (χ4v) is 7.10. The third-order valence-corrected chi connectivity index (χ3v) is 9.60. The summed E-state index contributed by atoms with van der Waals surface area (Å²) in [5, 5.41) is 3.87. The van der Waals surface area contributed by atoms with Gasteiger partial charge in [0.1, 0.15) is 0 Å². The van der Waals surface area contributed by atoms with Gasteiger partial charge in [0.25, 0.3) is 0 Å². The predicted molar refractivity (Wildman–Crippen MR) is 229 cm³/mol. The van der Waals surface area contributed by atoms with E-state index in [0.717, 1.165) is 43.8 Å². The van der Waals surface area contributed by atoms with Crippen molar-refractivity contribution in [1.29, 1.82) is 0 Å². The van der Waals surface area contributed by atoms with E-state index in [0.29, 0.717) is 11.1 Å². The molecule has 0 N–H and O–H groups in total. The second-order valence-electron chi connectivity index (χ2n) is 12.8. The van der Waals surface area contributed by atoms with Crippen LogP contribution in [0.2, 0.25) is 0 Å². The molecule has 0 spiro atoms. The molecule has 0 aliphatic rings. The summed E-state index contributed by atoms with van der Waals surface area (Å²) in [4.78, 5) is 1.18. The van der Waals surface area contributed by atoms with Crippen molar-refractivity contribution >= 4 is 49.6 Å². The van der Waals surface area contributed by atoms with E-state index in [1.165, 1.54) is 4.90 Å². The molecule has 0 fully saturated rings. The fourth-order valence-electron chi connectivity index (χ4n) is 7.10. The molecule has 0 bridgehead atoms. The molecule has 0 amide bonds. The van der Waals surface area contributed by atoms with Crippen molar-refractivity contribution in [1.82, 2.24) is 4.57 Å². The van der Waals surface area contributed by atoms with Crippen molar-refractivity contribution in [2.24, 2.45) is 0 Å². The average molecular weight is 702 g/mol. The molecule has 9 aromatic carbocycles. The number of nitrogens with zero attached hydrogens (tertiary/aromatic N) is 2. The van der Waals surface area contributed by atoms with E-state index in [2.05, 4.69) is 28.8 Å². The zero-order valence-corrected chi connectivity index (χ0v) is 28.7. The Kier molecular flexibility index (Phi) is 5.17. The molecule has 2 heteroatoms. The summed E-state index contributed by atoms with van der Waals surface area (Å²) >= 11 is 0. The van der Waals surface area contributed by atoms with Gasteiger partial charge in [-0.15, -0.1) is 0 Å². The summed E-state index contributed by atoms with van der Waals surface area (Å²) in [5.74, 6) is 0. The SMILES string of the molecule is [2H]c1c([2H])c([2H])c(-c2c([2H])c([2H])c(N(c3cccc(-c4ccccc4)c3)c3c([2H])c([2H])c(-c4ccc5c(c4)c4ccccc4n5-c4cccc5ccccc45)c([2H])c3[2H])c([2H])c2[2H])c([2H])c1[2H]. The highest BCUT2D eigenvalue weighted by atomic mass is 15.1. The maximum atomic E-state index is 9.64. The zero-order chi connectivity index (χ0) is 47.2. The first-order valence-corrected chi connectivity index (χ1v) is 17.5. The molecule has 2 nitrogen and oxygen atoms in total. The molecule has 0 saturated carbocycles. The number of fused-ring (bicyclic) bond motifs is 4. The summed E-state index contributed by atoms with van der Waals surface area (Å²) in [5.41, 5.74) is 3.01. The van der Waals surface area contributed by atoms with Crippen LogP contribution >= 0.6 is 0 Å². The van der Waals surface area contributed by atoms with Gasteiger partial charge in [0.2, 0.25) is 0 Å². The van der Waals surface area contributed by atoms with Crippen LogP contribution in [0.3, 0.4) is 0 Å². The maximum Gasteiger partial charge on any atom is 0.0645 e. The first kappa shape index (κ1) is 20.8. The molecule has 0 aliphatic heterocycles. The van der Waals surface area contributed by atoms with Gasteiger partial charge < -0.3 is 9.47 Å². The Balaban J connectivity index is 1.21. The molecular formula is C52H36N2. The van der Waals surface area contributed by atoms with Gasteiger partial charge in [0.05, 0.1) is 34.5 Å². The molecule has 1 heterocycles. The molecule has 0 radical (unpaired) electrons. The Morgan fingerprint density at radius 2 is 0.926 bits per heavy atom. The van der Waals surface area contributed by atoms with E-state index in [1.54, 1.807) is 24.3 Å². The predicted octanol–water partition coefficient (Wildman–Crippen LogP) is 14.4. The van der Waals surface area contributed by atoms with E-state index in [1.807, 2.05) is 91.0 Å². The van der Waals surface area contributed by atoms with Crippen molar-refractivity contribution in [2.75, 3.05) is 4.90 Å². The Morgan fingerprint density at radius 3 is 1.70 bits per heavy atom. The molecule has 0 atom stereocenters. The Bertz CT molecular complexity index is 3610. The zero-order valence-electron chi connectivity index (χ0n) is 41.7. The standard InChI is InChI=1S/C52H36N2/c1-3-13-37(14-4-1)39-25-30-44(31-26-39)53(46-20-11-19-42(35-46)38-15-5-2-6-16-38)45-32-27-40(28-33-45)43-29-34-52-49(36-43)48-22-9-10-23-51(48)54(52)50-24-12-18-41-17-7-8-21-47(41)50/h1-36H/i1D,3D,4D,13D,14D,25D,26D,27D,28D,30D,31D,32D,33D. The summed E-state index contributed by atoms with van der Waals surface area (Å²) in [6, 6.07) is 35.6. The minimum Gasteiger partial charge on any atom is -0.310 e. The van der Waals surface area contributed by atoms with Crippen LogP contribution in [0.1, 0.15) is 17.8 Å². The second kappa shape index (κ2) is 13.4. The molecular weight excluding hydrogens is 653 g/mol. The van der Waals surface area contributed by atoms with Gasteiger partial charge in [-0.2, -0.15) is 0 Å². The van der Waals surface area contributed by atoms with Gasteiger partial charge in [0.15, 0.2) is 0 Å². The van der Waals surface area contributed by atoms with Crippen molar-refractivity contribution in [3.63, 3.8) is 0 Å². The van der Waals surface area contributed by atoms with Crippen molar-refractivity contribution in [3.8, 4) is 39.1 Å². The van der Waals surface area contributed by atoms with Crippen LogP contribution in [0.5, 0.6) is 0 Å². The topological polar surface area (TPSA) is 8.17 Å². The quantitative estimate of drug-likeness (QED) is 0.161. The Hall–Kier alpha value is -7.16. The van der Waals surface area contributed by atoms with E-state index in [4.69, 9.17) is 6.85 Å². The summed E-state index contributed by atoms with van der Waals surface area (Å²) in [7, 11) is 0. The van der Waals surface area contributed by atoms with Gasteiger partial charge in [0, 0.05) is 33.2 Å². The molecule has 10 aromatic rings. The van der Waals surface area contributed by atoms with E-state index < -0.39 is 95.4 Å². The van der Waals surface area contributed by atoms with Crippen LogP contribution in [0.4, 0.5) is 17.1 Å². The monoisotopic (exact) mass is 701 g/mol. The van der Waals surface area contributed by atoms with Crippen LogP contribution < -0.4 is 4.90 Å². The van der Waals surface area contributed by atoms with Crippen molar-refractivity contribution in [3.05, 3.63) is 218 Å². The number of rotatable bonds is 7. The second-order valence-corrected chi connectivity index (χ2v) is 12.8. The van der Waals surface area contributed by atoms with Crippen LogP contribution in [-0.2, 0) is 0 Å². The Labute approximate surface area is 333 Å². The highest BCUT2D eigenvalue weighted by Crippen LogP contribution is 2.40. The first-order valence-electron chi connectivity index (χ1n) is 24.0. The highest BCUT2D eigenvalue weighted by molar-refractivity contribution is 6.11. The van der Waals surface area contributed by atoms with Gasteiger partial charge in [-0.1, -0.05) is 158 Å². The smallest absolute Gasteiger partial charge is 0.0645 e. The van der Waals surface area contributed by atoms with Gasteiger partial charge >= 0.3 is 0 Å². The van der Waals surface area contributed by atoms with Gasteiger partial charge in [-0.25, -0.2) is 0 Å². The van der Waals surface area contributed by atoms with Crippen molar-refractivity contribution < 1.29 is 17.8 Å². The third-order valence-electron chi connectivity index (χ3n) is 9.60. The lowest BCUT2D eigenvalue weighted by molar-refractivity contribution is 1.20. The number of hydrogen-bond acceptors (Lipinski definition) is 1. The lowest BCUT2D eigenvalue weighted by Gasteiger charge is -2.26. The number of aromatic nitrogens is 1. The van der Waals surface area contributed by atoms with Crippen molar-refractivity contribution in [2.45, 2.75) is 0 Å². The highest BCUT2D eigenvalue weighted by Gasteiger charge is 2.17. The minimum absolute atomic E-state index is 0.0109. The van der Waals surface area contributed by atoms with Crippen LogP contribution in [-0.4, -0.2) is 4.57 Å². The lowest BCUT2D eigenvalue weighted by Crippen LogP contribution is -2.10. The minimum atomic E-state index is -0.735. The third kappa shape index (κ3) is 5.62. The maximum absolute atomic E-state index is 9.64. The largest absolute Gasteiger partial charge is 0.310 e. The molecule has 0 aliphatic carbocycles. The molecule has 254 valence electrons. The van der Waals surface area contributed by atoms with E-state index >= 15 is 0 Å². The average Bonchev–Trinajstić information content (AvgIpc) is 3.68. The summed E-state index contributed by atoms with van der Waals surface area (Å²) in [6.07, 6.45) is 0. The summed E-state index contributed by atoms with van der Waals surface area (Å²) in [6.45, 7) is 0. The van der Waals surface area contributed by atoms with E-state index in [9.17, 15) is 11.0 Å². The Morgan fingerprint density at radius 1 is 0.352 bits per heavy atom. The lowest BCUT2D eigenvalue weighted by atomic mass is 10.0. The van der Waals surface area contributed by atoms with Crippen LogP contribution in [0.25, 0.3) is 71.6 Å². The van der Waals surface area contributed by atoms with E-state index in [-0.39, 0.29) is 16.9 Å². The van der Waals surface area contributed by atoms with Crippen LogP contribution in [0.15, 0.2) is 218 Å². The number of para-hydroxylation sites is 1. The van der Waals surface area contributed by atoms with Crippen LogP contribution in [0, 0.1) is 0 Å². The van der Waals surface area contributed by atoms with Gasteiger partial charge in [-0.05, 0) is 99.3 Å². The summed E-state index contributed by atoms with van der Waals surface area (Å²) < 4.78 is 120. The number of hydrogen-bond donors (Lipinski definition) is 0. The normalized spacial score (nSPS) is 14.7. The molecule has 54 heavy (non-hydrogen) atoms. The number of benzene rings is 9. The number of anilines is 3.